The number of ether oxygens (including phenoxy) is 1. The zero-order valence-electron chi connectivity index (χ0n) is 17.5. The Labute approximate surface area is 189 Å². The zero-order chi connectivity index (χ0) is 21.9. The van der Waals surface area contributed by atoms with Gasteiger partial charge >= 0.3 is 5.97 Å². The number of benzene rings is 1. The average Bonchev–Trinajstić information content (AvgIpc) is 3.51. The molecule has 1 aliphatic rings. The van der Waals surface area contributed by atoms with Gasteiger partial charge in [-0.05, 0) is 60.5 Å². The number of carbonyl (C=O) groups is 1. The van der Waals surface area contributed by atoms with Crippen LogP contribution in [0.15, 0.2) is 64.9 Å². The predicted molar refractivity (Wildman–Crippen MR) is 128 cm³/mol. The van der Waals surface area contributed by atoms with Crippen molar-refractivity contribution in [2.45, 2.75) is 12.8 Å². The van der Waals surface area contributed by atoms with Gasteiger partial charge in [0, 0.05) is 11.8 Å². The molecule has 4 aromatic rings. The van der Waals surface area contributed by atoms with E-state index >= 15 is 0 Å². The highest BCUT2D eigenvalue weighted by Crippen LogP contribution is 2.29. The largest absolute Gasteiger partial charge is 0.449 e. The number of hydrogen-bond donors (Lipinski definition) is 0. The molecule has 0 aliphatic carbocycles. The van der Waals surface area contributed by atoms with Gasteiger partial charge in [0.2, 0.25) is 0 Å². The normalized spacial score (nSPS) is 13.9. The van der Waals surface area contributed by atoms with Crippen LogP contribution in [-0.2, 0) is 4.74 Å². The maximum Gasteiger partial charge on any atom is 0.341 e. The number of carbonyl (C=O) groups excluding carboxylic acids is 1. The molecule has 0 spiro atoms. The molecule has 0 saturated carbocycles. The van der Waals surface area contributed by atoms with E-state index in [0.717, 1.165) is 28.7 Å². The molecule has 0 atom stereocenters. The van der Waals surface area contributed by atoms with Crippen LogP contribution >= 0.6 is 11.3 Å². The number of hydrogen-bond acceptors (Lipinski definition) is 5. The van der Waals surface area contributed by atoms with Crippen LogP contribution in [0.1, 0.15) is 23.2 Å². The SMILES string of the molecule is O=C(OCC#CCN1CCCC1)c1cc(-c2ccccc2)c(=O)n2ccc3ccsc3c12. The van der Waals surface area contributed by atoms with Gasteiger partial charge in [-0.2, -0.15) is 0 Å². The molecular weight excluding hydrogens is 420 g/mol. The zero-order valence-corrected chi connectivity index (χ0v) is 18.4. The van der Waals surface area contributed by atoms with E-state index in [4.69, 9.17) is 4.74 Å². The lowest BCUT2D eigenvalue weighted by Crippen LogP contribution is -2.20. The van der Waals surface area contributed by atoms with Crippen LogP contribution in [0.4, 0.5) is 0 Å². The fourth-order valence-corrected chi connectivity index (χ4v) is 5.07. The van der Waals surface area contributed by atoms with E-state index in [9.17, 15) is 9.59 Å². The predicted octanol–water partition coefficient (Wildman–Crippen LogP) is 4.44. The molecule has 32 heavy (non-hydrogen) atoms. The molecule has 1 aliphatic heterocycles. The fourth-order valence-electron chi connectivity index (χ4n) is 4.13. The van der Waals surface area contributed by atoms with Crippen LogP contribution in [0.5, 0.6) is 0 Å². The Bertz CT molecular complexity index is 1400. The van der Waals surface area contributed by atoms with Crippen LogP contribution in [0.25, 0.3) is 26.7 Å². The summed E-state index contributed by atoms with van der Waals surface area (Å²) in [6.07, 6.45) is 4.17. The number of thiophene rings is 1. The van der Waals surface area contributed by atoms with Crippen molar-refractivity contribution in [3.8, 4) is 23.0 Å². The molecule has 1 aromatic carbocycles. The Morgan fingerprint density at radius 2 is 1.88 bits per heavy atom. The van der Waals surface area contributed by atoms with Gasteiger partial charge in [0.05, 0.1) is 22.3 Å². The minimum Gasteiger partial charge on any atom is -0.449 e. The van der Waals surface area contributed by atoms with Crippen molar-refractivity contribution in [3.63, 3.8) is 0 Å². The van der Waals surface area contributed by atoms with E-state index in [1.807, 2.05) is 47.8 Å². The Morgan fingerprint density at radius 3 is 2.69 bits per heavy atom. The third kappa shape index (κ3) is 3.93. The van der Waals surface area contributed by atoms with Gasteiger partial charge < -0.3 is 4.74 Å². The molecule has 5 nitrogen and oxygen atoms in total. The smallest absolute Gasteiger partial charge is 0.341 e. The molecule has 0 radical (unpaired) electrons. The number of aromatic nitrogens is 1. The van der Waals surface area contributed by atoms with E-state index in [0.29, 0.717) is 23.2 Å². The highest BCUT2D eigenvalue weighted by atomic mass is 32.1. The lowest BCUT2D eigenvalue weighted by atomic mass is 10.0. The molecule has 160 valence electrons. The lowest BCUT2D eigenvalue weighted by Gasteiger charge is -2.11. The number of pyridine rings is 2. The molecule has 0 amide bonds. The quantitative estimate of drug-likeness (QED) is 0.346. The Kier molecular flexibility index (Phi) is 5.76. The van der Waals surface area contributed by atoms with Gasteiger partial charge in [-0.15, -0.1) is 11.3 Å². The van der Waals surface area contributed by atoms with Crippen LogP contribution in [0.2, 0.25) is 0 Å². The van der Waals surface area contributed by atoms with Crippen molar-refractivity contribution in [1.29, 1.82) is 0 Å². The Balaban J connectivity index is 1.52. The minimum atomic E-state index is -0.476. The standard InChI is InChI=1S/C26H22N2O3S/c29-25-21(19-8-2-1-3-9-19)18-22(23-24-20(11-17-32-24)10-15-28(23)25)26(30)31-16-7-6-14-27-12-4-5-13-27/h1-3,8-11,15,17-18H,4-5,12-14,16H2. The van der Waals surface area contributed by atoms with Crippen molar-refractivity contribution in [3.05, 3.63) is 76.0 Å². The highest BCUT2D eigenvalue weighted by molar-refractivity contribution is 7.18. The van der Waals surface area contributed by atoms with E-state index < -0.39 is 5.97 Å². The summed E-state index contributed by atoms with van der Waals surface area (Å²) in [5, 5.41) is 2.94. The topological polar surface area (TPSA) is 51.0 Å². The second kappa shape index (κ2) is 8.99. The summed E-state index contributed by atoms with van der Waals surface area (Å²) in [4.78, 5) is 28.7. The molecule has 0 bridgehead atoms. The number of likely N-dealkylation sites (tertiary alicyclic amines) is 1. The van der Waals surface area contributed by atoms with Crippen LogP contribution in [0, 0.1) is 11.8 Å². The van der Waals surface area contributed by atoms with E-state index in [1.165, 1.54) is 24.2 Å². The van der Waals surface area contributed by atoms with Crippen molar-refractivity contribution >= 4 is 32.9 Å². The molecule has 4 heterocycles. The summed E-state index contributed by atoms with van der Waals surface area (Å²) in [5.41, 5.74) is 2.02. The average molecular weight is 443 g/mol. The lowest BCUT2D eigenvalue weighted by molar-refractivity contribution is 0.0558. The second-order valence-electron chi connectivity index (χ2n) is 7.80. The molecule has 1 saturated heterocycles. The van der Waals surface area contributed by atoms with Gasteiger partial charge in [-0.25, -0.2) is 4.79 Å². The molecule has 6 heteroatoms. The van der Waals surface area contributed by atoms with Gasteiger partial charge in [0.25, 0.3) is 5.56 Å². The maximum atomic E-state index is 13.3. The summed E-state index contributed by atoms with van der Waals surface area (Å²) < 4.78 is 7.95. The summed E-state index contributed by atoms with van der Waals surface area (Å²) in [6, 6.07) is 14.9. The van der Waals surface area contributed by atoms with Gasteiger partial charge in [-0.1, -0.05) is 42.2 Å². The summed E-state index contributed by atoms with van der Waals surface area (Å²) in [5.74, 6) is 5.56. The van der Waals surface area contributed by atoms with Crippen molar-refractivity contribution in [2.75, 3.05) is 26.2 Å². The summed E-state index contributed by atoms with van der Waals surface area (Å²) in [7, 11) is 0. The molecular formula is C26H22N2O3S. The highest BCUT2D eigenvalue weighted by Gasteiger charge is 2.20. The third-order valence-corrected chi connectivity index (χ3v) is 6.69. The first kappa shape index (κ1) is 20.5. The third-order valence-electron chi connectivity index (χ3n) is 5.75. The van der Waals surface area contributed by atoms with Gasteiger partial charge in [0.1, 0.15) is 0 Å². The molecule has 0 unspecified atom stereocenters. The first-order chi connectivity index (χ1) is 15.7. The summed E-state index contributed by atoms with van der Waals surface area (Å²) in [6.45, 7) is 2.89. The maximum absolute atomic E-state index is 13.3. The van der Waals surface area contributed by atoms with Gasteiger partial charge in [0.15, 0.2) is 6.61 Å². The molecule has 3 aromatic heterocycles. The number of fused-ring (bicyclic) bond motifs is 3. The molecule has 1 fully saturated rings. The van der Waals surface area contributed by atoms with E-state index in [2.05, 4.69) is 16.7 Å². The van der Waals surface area contributed by atoms with Crippen molar-refractivity contribution in [2.24, 2.45) is 0 Å². The minimum absolute atomic E-state index is 0.0268. The Morgan fingerprint density at radius 1 is 1.06 bits per heavy atom. The van der Waals surface area contributed by atoms with Crippen molar-refractivity contribution < 1.29 is 9.53 Å². The van der Waals surface area contributed by atoms with E-state index in [1.54, 1.807) is 16.7 Å². The Hall–Kier alpha value is -3.40. The molecule has 0 N–H and O–H groups in total. The first-order valence-corrected chi connectivity index (χ1v) is 11.6. The number of rotatable bonds is 4. The fraction of sp³-hybridized carbons (Fsp3) is 0.231. The molecule has 5 rings (SSSR count). The summed E-state index contributed by atoms with van der Waals surface area (Å²) >= 11 is 1.50. The second-order valence-corrected chi connectivity index (χ2v) is 8.71. The number of nitrogens with zero attached hydrogens (tertiary/aromatic N) is 2. The van der Waals surface area contributed by atoms with Gasteiger partial charge in [-0.3, -0.25) is 14.1 Å². The van der Waals surface area contributed by atoms with Crippen molar-refractivity contribution in [1.82, 2.24) is 9.30 Å². The van der Waals surface area contributed by atoms with Crippen LogP contribution < -0.4 is 5.56 Å². The first-order valence-electron chi connectivity index (χ1n) is 10.7. The van der Waals surface area contributed by atoms with Crippen LogP contribution in [0.3, 0.4) is 0 Å². The van der Waals surface area contributed by atoms with E-state index in [-0.39, 0.29) is 12.2 Å². The number of esters is 1. The van der Waals surface area contributed by atoms with Crippen LogP contribution in [-0.4, -0.2) is 41.5 Å². The monoisotopic (exact) mass is 442 g/mol.